The van der Waals surface area contributed by atoms with Gasteiger partial charge in [0.25, 0.3) is 17.3 Å². The number of nitro groups is 2. The lowest BCUT2D eigenvalue weighted by atomic mass is 9.93. The number of methoxy groups -OCH3 is 1. The van der Waals surface area contributed by atoms with Gasteiger partial charge in [-0.15, -0.1) is 11.3 Å². The molecule has 1 aromatic heterocycles. The Bertz CT molecular complexity index is 1170. The van der Waals surface area contributed by atoms with Crippen molar-refractivity contribution in [2.75, 3.05) is 12.4 Å². The van der Waals surface area contributed by atoms with Crippen LogP contribution in [0.2, 0.25) is 0 Å². The monoisotopic (exact) mass is 426 g/mol. The van der Waals surface area contributed by atoms with E-state index in [4.69, 9.17) is 4.74 Å². The second-order valence-corrected chi connectivity index (χ2v) is 7.60. The first-order valence-electron chi connectivity index (χ1n) is 8.78. The van der Waals surface area contributed by atoms with Crippen LogP contribution in [0.4, 0.5) is 16.5 Å². The summed E-state index contributed by atoms with van der Waals surface area (Å²) >= 11 is 1.30. The largest absolute Gasteiger partial charge is 0.497 e. The number of rotatable bonds is 5. The molecule has 0 saturated carbocycles. The van der Waals surface area contributed by atoms with Crippen LogP contribution in [0, 0.1) is 20.2 Å². The third kappa shape index (κ3) is 3.57. The Hall–Kier alpha value is -3.86. The maximum atomic E-state index is 12.6. The molecule has 0 aliphatic heterocycles. The van der Waals surface area contributed by atoms with E-state index in [2.05, 4.69) is 10.3 Å². The number of ether oxygens (including phenoxy) is 1. The molecule has 0 spiro atoms. The van der Waals surface area contributed by atoms with Crippen LogP contribution in [0.1, 0.15) is 20.8 Å². The third-order valence-corrected chi connectivity index (χ3v) is 5.73. The molecule has 1 aliphatic rings. The zero-order valence-electron chi connectivity index (χ0n) is 15.6. The third-order valence-electron chi connectivity index (χ3n) is 4.70. The maximum absolute atomic E-state index is 12.6. The SMILES string of the molecule is COc1ccc2c(c1)-c1nc(NC(=O)c3cc([N+](=O)[O-])cc([N+](=O)[O-])c3)sc1CC2. The summed E-state index contributed by atoms with van der Waals surface area (Å²) in [5.41, 5.74) is 1.55. The number of nitro benzene ring substituents is 2. The summed E-state index contributed by atoms with van der Waals surface area (Å²) < 4.78 is 5.28. The van der Waals surface area contributed by atoms with E-state index in [0.29, 0.717) is 10.9 Å². The van der Waals surface area contributed by atoms with Gasteiger partial charge in [-0.1, -0.05) is 6.07 Å². The Labute approximate surface area is 173 Å². The molecule has 0 fully saturated rings. The van der Waals surface area contributed by atoms with E-state index < -0.39 is 27.1 Å². The molecule has 0 bridgehead atoms. The van der Waals surface area contributed by atoms with Crippen LogP contribution >= 0.6 is 11.3 Å². The van der Waals surface area contributed by atoms with E-state index in [-0.39, 0.29) is 5.56 Å². The minimum absolute atomic E-state index is 0.189. The van der Waals surface area contributed by atoms with Crippen LogP contribution < -0.4 is 10.1 Å². The number of thiazole rings is 1. The average molecular weight is 426 g/mol. The summed E-state index contributed by atoms with van der Waals surface area (Å²) in [6.45, 7) is 0. The Balaban J connectivity index is 1.65. The first-order valence-corrected chi connectivity index (χ1v) is 9.59. The number of carbonyl (C=O) groups excluding carboxylic acids is 1. The summed E-state index contributed by atoms with van der Waals surface area (Å²) in [4.78, 5) is 38.6. The first-order chi connectivity index (χ1) is 14.4. The molecule has 11 heteroatoms. The standard InChI is InChI=1S/C19H14N4O6S/c1-29-14-4-2-10-3-5-16-17(15(10)9-14)20-19(30-16)21-18(24)11-6-12(22(25)26)8-13(7-11)23(27)28/h2,4,6-9H,3,5H2,1H3,(H,20,21,24). The Kier molecular flexibility index (Phi) is 4.88. The van der Waals surface area contributed by atoms with Crippen molar-refractivity contribution in [3.8, 4) is 17.0 Å². The number of benzene rings is 2. The summed E-state index contributed by atoms with van der Waals surface area (Å²) in [7, 11) is 1.58. The van der Waals surface area contributed by atoms with Gasteiger partial charge in [0.15, 0.2) is 5.13 Å². The number of amides is 1. The van der Waals surface area contributed by atoms with Gasteiger partial charge < -0.3 is 4.74 Å². The van der Waals surface area contributed by atoms with E-state index >= 15 is 0 Å². The first kappa shape index (κ1) is 19.5. The van der Waals surface area contributed by atoms with Crippen LogP contribution in [0.25, 0.3) is 11.3 Å². The Morgan fingerprint density at radius 3 is 2.43 bits per heavy atom. The molecule has 0 atom stereocenters. The molecule has 0 saturated heterocycles. The molecule has 1 heterocycles. The van der Waals surface area contributed by atoms with E-state index in [1.54, 1.807) is 7.11 Å². The lowest BCUT2D eigenvalue weighted by Gasteiger charge is -2.15. The summed E-state index contributed by atoms with van der Waals surface area (Å²) in [6.07, 6.45) is 1.60. The highest BCUT2D eigenvalue weighted by Crippen LogP contribution is 2.39. The van der Waals surface area contributed by atoms with Gasteiger partial charge in [0.2, 0.25) is 0 Å². The van der Waals surface area contributed by atoms with Crippen LogP contribution in [0.5, 0.6) is 5.75 Å². The molecule has 3 aromatic rings. The number of hydrogen-bond donors (Lipinski definition) is 1. The highest BCUT2D eigenvalue weighted by molar-refractivity contribution is 7.16. The number of nitrogens with one attached hydrogen (secondary N) is 1. The summed E-state index contributed by atoms with van der Waals surface area (Å²) in [5.74, 6) is -0.0112. The number of aromatic nitrogens is 1. The lowest BCUT2D eigenvalue weighted by molar-refractivity contribution is -0.394. The van der Waals surface area contributed by atoms with Gasteiger partial charge in [0, 0.05) is 22.6 Å². The van der Waals surface area contributed by atoms with Gasteiger partial charge >= 0.3 is 0 Å². The van der Waals surface area contributed by atoms with E-state index in [9.17, 15) is 25.0 Å². The van der Waals surface area contributed by atoms with Crippen LogP contribution in [-0.4, -0.2) is 27.8 Å². The molecule has 0 radical (unpaired) electrons. The molecule has 4 rings (SSSR count). The Morgan fingerprint density at radius 1 is 1.10 bits per heavy atom. The van der Waals surface area contributed by atoms with Gasteiger partial charge in [0.05, 0.1) is 34.3 Å². The van der Waals surface area contributed by atoms with Crippen molar-refractivity contribution in [3.63, 3.8) is 0 Å². The topological polar surface area (TPSA) is 138 Å². The molecule has 0 unspecified atom stereocenters. The molecule has 2 aromatic carbocycles. The second kappa shape index (κ2) is 7.52. The lowest BCUT2D eigenvalue weighted by Crippen LogP contribution is -2.12. The molecule has 30 heavy (non-hydrogen) atoms. The highest BCUT2D eigenvalue weighted by Gasteiger charge is 2.24. The zero-order chi connectivity index (χ0) is 21.4. The van der Waals surface area contributed by atoms with E-state index in [0.717, 1.165) is 52.7 Å². The van der Waals surface area contributed by atoms with Crippen molar-refractivity contribution in [2.45, 2.75) is 12.8 Å². The predicted molar refractivity (Wildman–Crippen MR) is 109 cm³/mol. The van der Waals surface area contributed by atoms with Crippen molar-refractivity contribution in [2.24, 2.45) is 0 Å². The minimum atomic E-state index is -0.782. The molecular formula is C19H14N4O6S. The number of hydrogen-bond acceptors (Lipinski definition) is 8. The quantitative estimate of drug-likeness (QED) is 0.481. The Morgan fingerprint density at radius 2 is 1.80 bits per heavy atom. The molecule has 1 aliphatic carbocycles. The van der Waals surface area contributed by atoms with Gasteiger partial charge in [0.1, 0.15) is 5.75 Å². The fourth-order valence-corrected chi connectivity index (χ4v) is 4.23. The molecular weight excluding hydrogens is 412 g/mol. The van der Waals surface area contributed by atoms with Crippen LogP contribution in [0.15, 0.2) is 36.4 Å². The van der Waals surface area contributed by atoms with Crippen molar-refractivity contribution in [1.29, 1.82) is 0 Å². The molecule has 1 amide bonds. The van der Waals surface area contributed by atoms with Crippen LogP contribution in [-0.2, 0) is 12.8 Å². The van der Waals surface area contributed by atoms with Gasteiger partial charge in [-0.05, 0) is 30.5 Å². The number of non-ortho nitro benzene ring substituents is 2. The van der Waals surface area contributed by atoms with Gasteiger partial charge in [-0.25, -0.2) is 4.98 Å². The molecule has 10 nitrogen and oxygen atoms in total. The number of carbonyl (C=O) groups is 1. The zero-order valence-corrected chi connectivity index (χ0v) is 16.4. The smallest absolute Gasteiger partial charge is 0.277 e. The van der Waals surface area contributed by atoms with E-state index in [1.807, 2.05) is 18.2 Å². The fourth-order valence-electron chi connectivity index (χ4n) is 3.26. The molecule has 1 N–H and O–H groups in total. The number of anilines is 1. The van der Waals surface area contributed by atoms with Crippen molar-refractivity contribution in [1.82, 2.24) is 4.98 Å². The predicted octanol–water partition coefficient (Wildman–Crippen LogP) is 3.99. The number of aryl methyl sites for hydroxylation is 2. The minimum Gasteiger partial charge on any atom is -0.497 e. The second-order valence-electron chi connectivity index (χ2n) is 6.52. The molecule has 152 valence electrons. The number of nitrogens with zero attached hydrogens (tertiary/aromatic N) is 3. The van der Waals surface area contributed by atoms with E-state index in [1.165, 1.54) is 11.3 Å². The summed E-state index contributed by atoms with van der Waals surface area (Å²) in [5, 5.41) is 25.0. The van der Waals surface area contributed by atoms with Crippen LogP contribution in [0.3, 0.4) is 0 Å². The fraction of sp³-hybridized carbons (Fsp3) is 0.158. The van der Waals surface area contributed by atoms with Gasteiger partial charge in [-0.3, -0.25) is 30.3 Å². The van der Waals surface area contributed by atoms with Gasteiger partial charge in [-0.2, -0.15) is 0 Å². The van der Waals surface area contributed by atoms with Crippen molar-refractivity contribution >= 4 is 33.8 Å². The normalized spacial score (nSPS) is 11.9. The summed E-state index contributed by atoms with van der Waals surface area (Å²) in [6, 6.07) is 8.56. The van der Waals surface area contributed by atoms with Crippen molar-refractivity contribution < 1.29 is 19.4 Å². The maximum Gasteiger partial charge on any atom is 0.277 e. The average Bonchev–Trinajstić information content (AvgIpc) is 3.15. The van der Waals surface area contributed by atoms with Crippen molar-refractivity contribution in [3.05, 3.63) is 72.6 Å². The highest BCUT2D eigenvalue weighted by atomic mass is 32.1. The number of fused-ring (bicyclic) bond motifs is 3.